The van der Waals surface area contributed by atoms with Crippen molar-refractivity contribution in [3.63, 3.8) is 0 Å². The van der Waals surface area contributed by atoms with Gasteiger partial charge in [-0.2, -0.15) is 10.5 Å². The summed E-state index contributed by atoms with van der Waals surface area (Å²) in [5.41, 5.74) is 4.60. The summed E-state index contributed by atoms with van der Waals surface area (Å²) in [6.45, 7) is 0.938. The number of halogens is 2. The molecule has 0 unspecified atom stereocenters. The van der Waals surface area contributed by atoms with Gasteiger partial charge in [-0.15, -0.1) is 11.4 Å². The van der Waals surface area contributed by atoms with E-state index in [4.69, 9.17) is 27.5 Å². The van der Waals surface area contributed by atoms with Gasteiger partial charge in [0.25, 0.3) is 0 Å². The second-order valence-corrected chi connectivity index (χ2v) is 9.37. The number of nitriles is 2. The number of hydrogen-bond acceptors (Lipinski definition) is 3. The molecule has 3 rings (SSSR count). The van der Waals surface area contributed by atoms with E-state index in [1.807, 2.05) is 42.5 Å². The van der Waals surface area contributed by atoms with Crippen molar-refractivity contribution in [2.45, 2.75) is 13.1 Å². The van der Waals surface area contributed by atoms with Crippen molar-refractivity contribution in [2.75, 3.05) is 0 Å². The minimum absolute atomic E-state index is 0. The molecule has 2 aromatic carbocycles. The Kier molecular flexibility index (Phi) is 22.2. The molecule has 0 fully saturated rings. The van der Waals surface area contributed by atoms with Crippen LogP contribution in [0, 0.1) is 22.7 Å². The Bertz CT molecular complexity index is 914. The largest absolute Gasteiger partial charge is 2.00 e. The van der Waals surface area contributed by atoms with Crippen LogP contribution in [0.25, 0.3) is 10.6 Å². The Morgan fingerprint density at radius 3 is 1.38 bits per heavy atom. The molecule has 0 N–H and O–H groups in total. The fourth-order valence-electron chi connectivity index (χ4n) is 2.33. The molecule has 32 heavy (non-hydrogen) atoms. The van der Waals surface area contributed by atoms with Crippen molar-refractivity contribution in [1.29, 1.82) is 10.5 Å². The molecule has 5 nitrogen and oxygen atoms in total. The normalized spacial score (nSPS) is 8.38. The summed E-state index contributed by atoms with van der Waals surface area (Å²) in [6.07, 6.45) is 0. The summed E-state index contributed by atoms with van der Waals surface area (Å²) in [7, 11) is 9.87. The van der Waals surface area contributed by atoms with Crippen LogP contribution in [0.1, 0.15) is 22.5 Å². The Hall–Kier alpha value is 0.282. The summed E-state index contributed by atoms with van der Waals surface area (Å²) in [6, 6.07) is 24.3. The van der Waals surface area contributed by atoms with Crippen molar-refractivity contribution in [3.05, 3.63) is 99.9 Å². The molecular formula is C21H15Cl2N5Zr4. The van der Waals surface area contributed by atoms with Crippen LogP contribution < -0.4 is 0 Å². The SMILES string of the molecule is N#Cc1ccc([N-]Cc2cccc(C[N-]c3ccc(C#N)cc3)n2)cc1.[Cl][Zr][Cl].[Zr+2].[Zr].[Zr]. The molecule has 1 aromatic heterocycles. The van der Waals surface area contributed by atoms with E-state index in [1.54, 1.807) is 24.3 Å². The molecule has 0 aliphatic heterocycles. The maximum Gasteiger partial charge on any atom is 2.00 e. The minimum Gasteiger partial charge on any atom is 0 e. The number of rotatable bonds is 6. The summed E-state index contributed by atoms with van der Waals surface area (Å²) in [4.78, 5) is 4.58. The standard InChI is InChI=1S/C21H15N5.2ClH.4Zr/c22-12-16-4-8-18(9-5-16)24-14-20-2-1-3-21(26-20)15-25-19-10-6-17(13-23)7-11-19;;;;;;/h1-11H,14-15H2;2*1H;;;;/q-2;;;;;2*+2/p-2. The first-order valence-electron chi connectivity index (χ1n) is 8.45. The molecule has 0 aliphatic rings. The summed E-state index contributed by atoms with van der Waals surface area (Å²) in [5, 5.41) is 26.6. The third-order valence-electron chi connectivity index (χ3n) is 3.70. The van der Waals surface area contributed by atoms with Crippen LogP contribution in [-0.4, -0.2) is 4.98 Å². The van der Waals surface area contributed by atoms with E-state index in [0.717, 1.165) is 22.8 Å². The zero-order valence-electron chi connectivity index (χ0n) is 16.8. The predicted molar refractivity (Wildman–Crippen MR) is 112 cm³/mol. The van der Waals surface area contributed by atoms with Gasteiger partial charge < -0.3 is 10.6 Å². The van der Waals surface area contributed by atoms with Gasteiger partial charge in [0, 0.05) is 63.8 Å². The molecule has 0 atom stereocenters. The van der Waals surface area contributed by atoms with Gasteiger partial charge in [0.1, 0.15) is 0 Å². The van der Waals surface area contributed by atoms with Gasteiger partial charge in [-0.25, -0.2) is 0 Å². The summed E-state index contributed by atoms with van der Waals surface area (Å²) in [5.74, 6) is 0. The molecule has 0 saturated heterocycles. The van der Waals surface area contributed by atoms with Crippen molar-refractivity contribution >= 4 is 28.4 Å². The average Bonchev–Trinajstić information content (AvgIpc) is 2.78. The number of nitrogens with zero attached hydrogens (tertiary/aromatic N) is 5. The summed E-state index contributed by atoms with van der Waals surface area (Å²) < 4.78 is 0. The van der Waals surface area contributed by atoms with E-state index in [2.05, 4.69) is 27.8 Å². The minimum atomic E-state index is -0.826. The number of benzene rings is 2. The Morgan fingerprint density at radius 1 is 0.719 bits per heavy atom. The van der Waals surface area contributed by atoms with Gasteiger partial charge in [-0.1, -0.05) is 43.4 Å². The van der Waals surface area contributed by atoms with E-state index in [0.29, 0.717) is 24.2 Å². The van der Waals surface area contributed by atoms with Crippen LogP contribution in [0.15, 0.2) is 66.7 Å². The summed E-state index contributed by atoms with van der Waals surface area (Å²) >= 11 is -0.826. The smallest absolute Gasteiger partial charge is 0 e. The molecule has 0 amide bonds. The van der Waals surface area contributed by atoms with Gasteiger partial charge in [0.2, 0.25) is 0 Å². The van der Waals surface area contributed by atoms with Crippen LogP contribution in [0.2, 0.25) is 0 Å². The molecular weight excluding hydrogens is 758 g/mol. The number of pyridine rings is 1. The third-order valence-corrected chi connectivity index (χ3v) is 3.70. The van der Waals surface area contributed by atoms with Crippen LogP contribution in [0.3, 0.4) is 0 Å². The molecule has 0 saturated carbocycles. The predicted octanol–water partition coefficient (Wildman–Crippen LogP) is 6.60. The Balaban J connectivity index is 0. The third kappa shape index (κ3) is 13.2. The quantitative estimate of drug-likeness (QED) is 0.283. The number of hydrogen-bond donors (Lipinski definition) is 0. The molecule has 0 bridgehead atoms. The van der Waals surface area contributed by atoms with Gasteiger partial charge in [-0.05, 0) is 36.4 Å². The molecule has 1 heterocycles. The van der Waals surface area contributed by atoms with E-state index >= 15 is 0 Å². The van der Waals surface area contributed by atoms with Crippen LogP contribution >= 0.6 is 17.0 Å². The molecule has 0 aliphatic carbocycles. The first-order chi connectivity index (χ1) is 14.2. The van der Waals surface area contributed by atoms with Crippen LogP contribution in [0.5, 0.6) is 0 Å². The first-order valence-corrected chi connectivity index (χ1v) is 14.8. The molecule has 3 aromatic rings. The van der Waals surface area contributed by atoms with Crippen molar-refractivity contribution in [3.8, 4) is 12.1 Å². The van der Waals surface area contributed by atoms with Crippen molar-refractivity contribution in [2.24, 2.45) is 0 Å². The van der Waals surface area contributed by atoms with Gasteiger partial charge in [-0.3, -0.25) is 4.98 Å². The van der Waals surface area contributed by atoms with Crippen LogP contribution in [0.4, 0.5) is 11.4 Å². The fourth-order valence-corrected chi connectivity index (χ4v) is 2.33. The van der Waals surface area contributed by atoms with Crippen molar-refractivity contribution < 1.29 is 99.5 Å². The molecule has 0 spiro atoms. The van der Waals surface area contributed by atoms with Crippen molar-refractivity contribution in [1.82, 2.24) is 4.98 Å². The van der Waals surface area contributed by atoms with E-state index in [1.165, 1.54) is 0 Å². The van der Waals surface area contributed by atoms with Crippen LogP contribution in [-0.2, 0) is 113 Å². The first kappa shape index (κ1) is 34.4. The van der Waals surface area contributed by atoms with Gasteiger partial charge >= 0.3 is 64.1 Å². The fraction of sp³-hybridized carbons (Fsp3) is 0.0952. The zero-order chi connectivity index (χ0) is 20.9. The molecule has 0 radical (unpaired) electrons. The average molecular weight is 773 g/mol. The van der Waals surface area contributed by atoms with Gasteiger partial charge in [0.15, 0.2) is 0 Å². The number of aromatic nitrogens is 1. The van der Waals surface area contributed by atoms with Gasteiger partial charge in [0.05, 0.1) is 23.3 Å². The second-order valence-electron chi connectivity index (χ2n) is 5.64. The zero-order valence-corrected chi connectivity index (χ0v) is 28.1. The maximum absolute atomic E-state index is 8.81. The topological polar surface area (TPSA) is 88.7 Å². The maximum atomic E-state index is 8.81. The monoisotopic (exact) mass is 767 g/mol. The second kappa shape index (κ2) is 20.6. The molecule has 154 valence electrons. The Morgan fingerprint density at radius 2 is 1.06 bits per heavy atom. The van der Waals surface area contributed by atoms with E-state index in [-0.39, 0.29) is 78.6 Å². The van der Waals surface area contributed by atoms with E-state index < -0.39 is 20.8 Å². The Labute approximate surface area is 264 Å². The van der Waals surface area contributed by atoms with E-state index in [9.17, 15) is 0 Å². The molecule has 11 heteroatoms.